The number of hydrogen-bond acceptors (Lipinski definition) is 6. The van der Waals surface area contributed by atoms with E-state index in [2.05, 4.69) is 34.7 Å². The van der Waals surface area contributed by atoms with E-state index in [-0.39, 0.29) is 24.4 Å². The Morgan fingerprint density at radius 3 is 2.77 bits per heavy atom. The Bertz CT molecular complexity index is 671. The topological polar surface area (TPSA) is 74.2 Å². The largest absolute Gasteiger partial charge is 0.392 e. The average molecular weight is 360 g/mol. The number of thiophene rings is 1. The molecule has 3 rings (SSSR count). The molecule has 2 aromatic heterocycles. The minimum Gasteiger partial charge on any atom is -0.392 e. The van der Waals surface area contributed by atoms with Crippen molar-refractivity contribution < 1.29 is 9.90 Å². The van der Waals surface area contributed by atoms with Gasteiger partial charge in [-0.25, -0.2) is 4.98 Å². The summed E-state index contributed by atoms with van der Waals surface area (Å²) in [5, 5.41) is 15.9. The summed E-state index contributed by atoms with van der Waals surface area (Å²) in [5.74, 6) is -0.130. The predicted molar refractivity (Wildman–Crippen MR) is 93.2 cm³/mol. The number of aliphatic hydroxyl groups is 1. The van der Waals surface area contributed by atoms with Crippen molar-refractivity contribution in [2.45, 2.75) is 32.4 Å². The summed E-state index contributed by atoms with van der Waals surface area (Å²) in [6.07, 6.45) is 0.0103. The number of aromatic nitrogens is 1. The molecular weight excluding hydrogens is 342 g/mol. The van der Waals surface area contributed by atoms with Gasteiger partial charge in [0.15, 0.2) is 5.13 Å². The molecule has 0 radical (unpaired) electrons. The molecule has 1 aliphatic heterocycles. The lowest BCUT2D eigenvalue weighted by molar-refractivity contribution is -0.117. The van der Waals surface area contributed by atoms with Crippen molar-refractivity contribution in [3.63, 3.8) is 0 Å². The summed E-state index contributed by atoms with van der Waals surface area (Å²) in [4.78, 5) is 20.1. The summed E-state index contributed by atoms with van der Waals surface area (Å²) in [6, 6.07) is 3.79. The first-order valence-electron chi connectivity index (χ1n) is 6.79. The lowest BCUT2D eigenvalue weighted by Crippen LogP contribution is -2.35. The van der Waals surface area contributed by atoms with E-state index in [0.29, 0.717) is 18.1 Å². The monoisotopic (exact) mass is 359 g/mol. The van der Waals surface area contributed by atoms with Gasteiger partial charge >= 0.3 is 0 Å². The fourth-order valence-electron chi connectivity index (χ4n) is 2.35. The van der Waals surface area contributed by atoms with E-state index in [0.717, 1.165) is 15.4 Å². The first-order chi connectivity index (χ1) is 10.0. The summed E-state index contributed by atoms with van der Waals surface area (Å²) in [7, 11) is 0. The maximum absolute atomic E-state index is 12.1. The number of thiazole rings is 1. The summed E-state index contributed by atoms with van der Waals surface area (Å²) in [6.45, 7) is 4.54. The first kappa shape index (κ1) is 17.4. The molecule has 0 unspecified atom stereocenters. The minimum atomic E-state index is -0.441. The normalized spacial score (nSPS) is 20.7. The summed E-state index contributed by atoms with van der Waals surface area (Å²) >= 11 is 3.18. The molecule has 2 aromatic rings. The van der Waals surface area contributed by atoms with E-state index in [1.165, 1.54) is 16.2 Å². The van der Waals surface area contributed by atoms with Gasteiger partial charge in [0.25, 0.3) is 0 Å². The highest BCUT2D eigenvalue weighted by atomic mass is 35.5. The van der Waals surface area contributed by atoms with E-state index in [4.69, 9.17) is 0 Å². The molecular formula is C14H18ClN3O2S2. The van der Waals surface area contributed by atoms with Crippen molar-refractivity contribution in [1.82, 2.24) is 10.3 Å². The van der Waals surface area contributed by atoms with Gasteiger partial charge in [-0.05, 0) is 32.4 Å². The molecule has 0 aromatic carbocycles. The molecule has 1 saturated heterocycles. The molecule has 8 heteroatoms. The molecule has 2 atom stereocenters. The Hall–Kier alpha value is -0.990. The highest BCUT2D eigenvalue weighted by Crippen LogP contribution is 2.34. The van der Waals surface area contributed by atoms with Crippen LogP contribution in [0.2, 0.25) is 0 Å². The van der Waals surface area contributed by atoms with Crippen LogP contribution in [0.4, 0.5) is 5.13 Å². The molecule has 120 valence electrons. The van der Waals surface area contributed by atoms with Gasteiger partial charge in [-0.15, -0.1) is 35.1 Å². The van der Waals surface area contributed by atoms with Crippen molar-refractivity contribution in [3.05, 3.63) is 21.9 Å². The number of anilines is 1. The van der Waals surface area contributed by atoms with Crippen LogP contribution < -0.4 is 10.6 Å². The number of aryl methyl sites for hydroxylation is 2. The van der Waals surface area contributed by atoms with Crippen LogP contribution in [-0.2, 0) is 4.79 Å². The Morgan fingerprint density at radius 1 is 1.41 bits per heavy atom. The number of aliphatic hydroxyl groups excluding tert-OH is 1. The van der Waals surface area contributed by atoms with Crippen LogP contribution in [0.1, 0.15) is 16.2 Å². The van der Waals surface area contributed by atoms with Crippen LogP contribution in [-0.4, -0.2) is 34.7 Å². The molecule has 0 spiro atoms. The third-order valence-electron chi connectivity index (χ3n) is 3.42. The Balaban J connectivity index is 0.00000176. The number of hydrogen-bond donors (Lipinski definition) is 3. The van der Waals surface area contributed by atoms with Crippen molar-refractivity contribution >= 4 is 46.1 Å². The number of nitrogens with zero attached hydrogens (tertiary/aromatic N) is 1. The Labute approximate surface area is 143 Å². The maximum atomic E-state index is 12.1. The van der Waals surface area contributed by atoms with Crippen LogP contribution >= 0.6 is 35.1 Å². The third-order valence-corrected chi connectivity index (χ3v) is 5.32. The van der Waals surface area contributed by atoms with Crippen molar-refractivity contribution in [2.75, 3.05) is 11.9 Å². The number of amides is 1. The fourth-order valence-corrected chi connectivity index (χ4v) is 4.16. The fraction of sp³-hybridized carbons (Fsp3) is 0.429. The Kier molecular flexibility index (Phi) is 5.57. The molecule has 3 N–H and O–H groups in total. The summed E-state index contributed by atoms with van der Waals surface area (Å²) in [5.41, 5.74) is 0.938. The molecule has 1 amide bonds. The number of carbonyl (C=O) groups excluding carboxylic acids is 1. The lowest BCUT2D eigenvalue weighted by atomic mass is 10.2. The minimum absolute atomic E-state index is 0. The van der Waals surface area contributed by atoms with Gasteiger partial charge in [-0.2, -0.15) is 0 Å². The molecule has 3 heterocycles. The molecule has 5 nitrogen and oxygen atoms in total. The standard InChI is InChI=1S/C14H17N3O2S2.ClH/c1-7-3-4-11(20-7)12-8(2)21-14(16-12)17-13(19)10-5-9(18)6-15-10;/h3-4,9-10,15,18H,5-6H2,1-2H3,(H,16,17,19);1H/t9-,10-;/m1./s1. The van der Waals surface area contributed by atoms with Gasteiger partial charge in [0.2, 0.25) is 5.91 Å². The van der Waals surface area contributed by atoms with Crippen LogP contribution in [0, 0.1) is 13.8 Å². The third kappa shape index (κ3) is 3.67. The second-order valence-corrected chi connectivity index (χ2v) is 7.66. The van der Waals surface area contributed by atoms with E-state index in [9.17, 15) is 9.90 Å². The SMILES string of the molecule is Cc1ccc(-c2nc(NC(=O)[C@H]3C[C@@H](O)CN3)sc2C)s1.Cl. The van der Waals surface area contributed by atoms with Crippen LogP contribution in [0.25, 0.3) is 10.6 Å². The number of nitrogens with one attached hydrogen (secondary N) is 2. The maximum Gasteiger partial charge on any atom is 0.243 e. The zero-order valence-corrected chi connectivity index (χ0v) is 14.7. The number of rotatable bonds is 3. The van der Waals surface area contributed by atoms with Crippen molar-refractivity contribution in [3.8, 4) is 10.6 Å². The van der Waals surface area contributed by atoms with Gasteiger partial charge in [-0.3, -0.25) is 4.79 Å². The smallest absolute Gasteiger partial charge is 0.243 e. The molecule has 1 aliphatic rings. The van der Waals surface area contributed by atoms with Gasteiger partial charge in [0, 0.05) is 16.3 Å². The van der Waals surface area contributed by atoms with Crippen LogP contribution in [0.15, 0.2) is 12.1 Å². The van der Waals surface area contributed by atoms with E-state index in [1.54, 1.807) is 11.3 Å². The average Bonchev–Trinajstić information content (AvgIpc) is 3.11. The van der Waals surface area contributed by atoms with Gasteiger partial charge in [0.05, 0.1) is 22.7 Å². The molecule has 0 saturated carbocycles. The van der Waals surface area contributed by atoms with E-state index < -0.39 is 6.10 Å². The second-order valence-electron chi connectivity index (χ2n) is 5.17. The zero-order valence-electron chi connectivity index (χ0n) is 12.3. The van der Waals surface area contributed by atoms with Gasteiger partial charge in [-0.1, -0.05) is 0 Å². The van der Waals surface area contributed by atoms with Crippen molar-refractivity contribution in [1.29, 1.82) is 0 Å². The predicted octanol–water partition coefficient (Wildman–Crippen LogP) is 2.57. The highest BCUT2D eigenvalue weighted by Gasteiger charge is 2.28. The number of halogens is 1. The van der Waals surface area contributed by atoms with Crippen molar-refractivity contribution in [2.24, 2.45) is 0 Å². The van der Waals surface area contributed by atoms with E-state index >= 15 is 0 Å². The molecule has 1 fully saturated rings. The first-order valence-corrected chi connectivity index (χ1v) is 8.43. The molecule has 0 aliphatic carbocycles. The zero-order chi connectivity index (χ0) is 15.0. The van der Waals surface area contributed by atoms with Gasteiger partial charge < -0.3 is 15.7 Å². The molecule has 22 heavy (non-hydrogen) atoms. The highest BCUT2D eigenvalue weighted by molar-refractivity contribution is 7.18. The van der Waals surface area contributed by atoms with Crippen LogP contribution in [0.5, 0.6) is 0 Å². The molecule has 0 bridgehead atoms. The summed E-state index contributed by atoms with van der Waals surface area (Å²) < 4.78 is 0. The number of β-amino-alcohol motifs (C(OH)–C–C–N with tert-alkyl or cyclic N) is 1. The lowest BCUT2D eigenvalue weighted by Gasteiger charge is -2.08. The van der Waals surface area contributed by atoms with Gasteiger partial charge in [0.1, 0.15) is 0 Å². The second kappa shape index (κ2) is 7.06. The quantitative estimate of drug-likeness (QED) is 0.787. The Morgan fingerprint density at radius 2 is 2.18 bits per heavy atom. The van der Waals surface area contributed by atoms with Crippen LogP contribution in [0.3, 0.4) is 0 Å². The number of carbonyl (C=O) groups is 1. The van der Waals surface area contributed by atoms with E-state index in [1.807, 2.05) is 6.92 Å².